The summed E-state index contributed by atoms with van der Waals surface area (Å²) in [5.41, 5.74) is -1.92. The van der Waals surface area contributed by atoms with E-state index in [9.17, 15) is 14.7 Å². The summed E-state index contributed by atoms with van der Waals surface area (Å²) in [4.78, 5) is 23.0. The topological polar surface area (TPSA) is 84.9 Å². The maximum absolute atomic E-state index is 11.7. The highest BCUT2D eigenvalue weighted by Gasteiger charge is 2.47. The van der Waals surface area contributed by atoms with Gasteiger partial charge in [-0.1, -0.05) is 0 Å². The van der Waals surface area contributed by atoms with Crippen molar-refractivity contribution in [1.82, 2.24) is 5.32 Å². The fourth-order valence-corrected chi connectivity index (χ4v) is 2.06. The van der Waals surface area contributed by atoms with Crippen molar-refractivity contribution in [2.75, 3.05) is 7.11 Å². The van der Waals surface area contributed by atoms with Crippen LogP contribution in [0.2, 0.25) is 0 Å². The van der Waals surface area contributed by atoms with Gasteiger partial charge >= 0.3 is 12.1 Å². The Morgan fingerprint density at radius 1 is 1.39 bits per heavy atom. The number of hydrogen-bond donors (Lipinski definition) is 2. The second-order valence-electron chi connectivity index (χ2n) is 5.61. The summed E-state index contributed by atoms with van der Waals surface area (Å²) < 4.78 is 10.2. The summed E-state index contributed by atoms with van der Waals surface area (Å²) >= 11 is 0. The number of carbonyl (C=O) groups excluding carboxylic acids is 1. The lowest BCUT2D eigenvalue weighted by Gasteiger charge is -2.28. The van der Waals surface area contributed by atoms with E-state index in [1.165, 1.54) is 7.11 Å². The van der Waals surface area contributed by atoms with Crippen LogP contribution in [0.1, 0.15) is 40.0 Å². The Hall–Kier alpha value is -1.30. The molecule has 2 atom stereocenters. The highest BCUT2D eigenvalue weighted by molar-refractivity contribution is 5.84. The van der Waals surface area contributed by atoms with Crippen LogP contribution < -0.4 is 5.32 Å². The SMILES string of the molecule is CO[C@@H]1CC[C@@](NC(=O)OC(C)(C)C)(C(=O)O)C1. The van der Waals surface area contributed by atoms with Gasteiger partial charge in [-0.25, -0.2) is 9.59 Å². The lowest BCUT2D eigenvalue weighted by molar-refractivity contribution is -0.145. The Balaban J connectivity index is 2.71. The van der Waals surface area contributed by atoms with E-state index in [1.54, 1.807) is 20.8 Å². The van der Waals surface area contributed by atoms with Gasteiger partial charge in [0.05, 0.1) is 6.10 Å². The van der Waals surface area contributed by atoms with Crippen LogP contribution in [0, 0.1) is 0 Å². The van der Waals surface area contributed by atoms with Crippen molar-refractivity contribution < 1.29 is 24.2 Å². The van der Waals surface area contributed by atoms with Crippen LogP contribution in [0.4, 0.5) is 4.79 Å². The van der Waals surface area contributed by atoms with Crippen molar-refractivity contribution in [2.45, 2.75) is 57.3 Å². The van der Waals surface area contributed by atoms with Crippen molar-refractivity contribution in [3.05, 3.63) is 0 Å². The number of ether oxygens (including phenoxy) is 2. The number of nitrogens with one attached hydrogen (secondary N) is 1. The molecule has 104 valence electrons. The second-order valence-corrected chi connectivity index (χ2v) is 5.61. The molecule has 0 saturated heterocycles. The van der Waals surface area contributed by atoms with Gasteiger partial charge in [-0.15, -0.1) is 0 Å². The van der Waals surface area contributed by atoms with Gasteiger partial charge in [-0.2, -0.15) is 0 Å². The molecule has 1 fully saturated rings. The summed E-state index contributed by atoms with van der Waals surface area (Å²) in [5.74, 6) is -1.05. The molecule has 0 aliphatic heterocycles. The van der Waals surface area contributed by atoms with Crippen LogP contribution in [0.15, 0.2) is 0 Å². The number of carboxylic acids is 1. The molecular formula is C12H21NO5. The normalized spacial score (nSPS) is 27.9. The van der Waals surface area contributed by atoms with Crippen LogP contribution in [0.25, 0.3) is 0 Å². The Morgan fingerprint density at radius 2 is 2.00 bits per heavy atom. The standard InChI is InChI=1S/C12H21NO5/c1-11(2,3)18-10(16)13-12(9(14)15)6-5-8(7-12)17-4/h8H,5-7H2,1-4H3,(H,13,16)(H,14,15)/t8-,12+/m1/s1. The van der Waals surface area contributed by atoms with Crippen LogP contribution in [0.5, 0.6) is 0 Å². The van der Waals surface area contributed by atoms with E-state index in [4.69, 9.17) is 9.47 Å². The monoisotopic (exact) mass is 259 g/mol. The number of hydrogen-bond acceptors (Lipinski definition) is 4. The third-order valence-corrected chi connectivity index (χ3v) is 2.95. The van der Waals surface area contributed by atoms with E-state index in [-0.39, 0.29) is 12.5 Å². The molecular weight excluding hydrogens is 238 g/mol. The lowest BCUT2D eigenvalue weighted by Crippen LogP contribution is -2.54. The second kappa shape index (κ2) is 5.14. The first-order valence-corrected chi connectivity index (χ1v) is 5.96. The zero-order chi connectivity index (χ0) is 14.0. The molecule has 1 saturated carbocycles. The van der Waals surface area contributed by atoms with Crippen LogP contribution in [-0.2, 0) is 14.3 Å². The molecule has 18 heavy (non-hydrogen) atoms. The molecule has 1 aliphatic rings. The first-order valence-electron chi connectivity index (χ1n) is 5.96. The quantitative estimate of drug-likeness (QED) is 0.803. The van der Waals surface area contributed by atoms with E-state index in [0.29, 0.717) is 12.8 Å². The summed E-state index contributed by atoms with van der Waals surface area (Å²) in [6.45, 7) is 5.19. The van der Waals surface area contributed by atoms with Crippen LogP contribution in [0.3, 0.4) is 0 Å². The summed E-state index contributed by atoms with van der Waals surface area (Å²) in [6, 6.07) is 0. The summed E-state index contributed by atoms with van der Waals surface area (Å²) in [5, 5.41) is 11.8. The number of aliphatic carboxylic acids is 1. The Labute approximate surface area is 107 Å². The molecule has 1 rings (SSSR count). The molecule has 0 radical (unpaired) electrons. The largest absolute Gasteiger partial charge is 0.480 e. The van der Waals surface area contributed by atoms with Crippen molar-refractivity contribution in [3.63, 3.8) is 0 Å². The average molecular weight is 259 g/mol. The van der Waals surface area contributed by atoms with Gasteiger partial charge in [-0.05, 0) is 33.6 Å². The van der Waals surface area contributed by atoms with Gasteiger partial charge < -0.3 is 19.9 Å². The minimum Gasteiger partial charge on any atom is -0.480 e. The smallest absolute Gasteiger partial charge is 0.408 e. The predicted molar refractivity (Wildman–Crippen MR) is 64.4 cm³/mol. The molecule has 0 heterocycles. The van der Waals surface area contributed by atoms with Crippen LogP contribution >= 0.6 is 0 Å². The van der Waals surface area contributed by atoms with Crippen molar-refractivity contribution in [2.24, 2.45) is 0 Å². The molecule has 0 bridgehead atoms. The molecule has 0 aromatic rings. The van der Waals surface area contributed by atoms with Gasteiger partial charge in [0.1, 0.15) is 11.1 Å². The minimum absolute atomic E-state index is 0.143. The zero-order valence-corrected chi connectivity index (χ0v) is 11.3. The van der Waals surface area contributed by atoms with E-state index in [0.717, 1.165) is 0 Å². The fraction of sp³-hybridized carbons (Fsp3) is 0.833. The Morgan fingerprint density at radius 3 is 2.39 bits per heavy atom. The molecule has 6 heteroatoms. The van der Waals surface area contributed by atoms with E-state index < -0.39 is 23.2 Å². The first kappa shape index (κ1) is 14.8. The van der Waals surface area contributed by atoms with Gasteiger partial charge in [0.15, 0.2) is 0 Å². The zero-order valence-electron chi connectivity index (χ0n) is 11.3. The molecule has 0 aromatic carbocycles. The molecule has 1 aliphatic carbocycles. The third kappa shape index (κ3) is 3.60. The van der Waals surface area contributed by atoms with Gasteiger partial charge in [0.2, 0.25) is 0 Å². The summed E-state index contributed by atoms with van der Waals surface area (Å²) in [6.07, 6.45) is 0.370. The molecule has 2 N–H and O–H groups in total. The number of rotatable bonds is 3. The van der Waals surface area contributed by atoms with Gasteiger partial charge in [-0.3, -0.25) is 0 Å². The average Bonchev–Trinajstić information content (AvgIpc) is 2.59. The highest BCUT2D eigenvalue weighted by atomic mass is 16.6. The Bertz CT molecular complexity index is 336. The molecule has 0 unspecified atom stereocenters. The fourth-order valence-electron chi connectivity index (χ4n) is 2.06. The number of methoxy groups -OCH3 is 1. The molecule has 6 nitrogen and oxygen atoms in total. The van der Waals surface area contributed by atoms with Gasteiger partial charge in [0.25, 0.3) is 0 Å². The number of alkyl carbamates (subject to hydrolysis) is 1. The minimum atomic E-state index is -1.27. The Kier molecular flexibility index (Phi) is 4.21. The molecule has 1 amide bonds. The first-order chi connectivity index (χ1) is 8.18. The van der Waals surface area contributed by atoms with E-state index >= 15 is 0 Å². The van der Waals surface area contributed by atoms with Gasteiger partial charge in [0, 0.05) is 13.5 Å². The lowest BCUT2D eigenvalue weighted by atomic mass is 9.98. The maximum atomic E-state index is 11.7. The van der Waals surface area contributed by atoms with E-state index in [2.05, 4.69) is 5.32 Å². The number of carbonyl (C=O) groups is 2. The van der Waals surface area contributed by atoms with Crippen molar-refractivity contribution in [1.29, 1.82) is 0 Å². The van der Waals surface area contributed by atoms with Crippen LogP contribution in [-0.4, -0.2) is 41.5 Å². The molecule has 0 spiro atoms. The summed E-state index contributed by atoms with van der Waals surface area (Å²) in [7, 11) is 1.54. The van der Waals surface area contributed by atoms with Crippen molar-refractivity contribution in [3.8, 4) is 0 Å². The van der Waals surface area contributed by atoms with E-state index in [1.807, 2.05) is 0 Å². The number of amides is 1. The third-order valence-electron chi connectivity index (χ3n) is 2.95. The highest BCUT2D eigenvalue weighted by Crippen LogP contribution is 2.32. The number of carboxylic acid groups (broad SMARTS) is 1. The maximum Gasteiger partial charge on any atom is 0.408 e. The predicted octanol–water partition coefficient (Wildman–Crippen LogP) is 1.53. The molecule has 0 aromatic heterocycles. The van der Waals surface area contributed by atoms with Crippen molar-refractivity contribution >= 4 is 12.1 Å².